The van der Waals surface area contributed by atoms with Gasteiger partial charge in [0.2, 0.25) is 5.88 Å². The number of hydrogen-bond donors (Lipinski definition) is 1. The lowest BCUT2D eigenvalue weighted by Crippen LogP contribution is -2.17. The minimum Gasteiger partial charge on any atom is -0.391 e. The van der Waals surface area contributed by atoms with E-state index in [1.165, 1.54) is 0 Å². The molecule has 0 fully saturated rings. The molecule has 0 unspecified atom stereocenters. The number of nitrogens with two attached hydrogens (primary N) is 1. The Morgan fingerprint density at radius 3 is 2.93 bits per heavy atom. The molecule has 0 saturated heterocycles. The van der Waals surface area contributed by atoms with Crippen LogP contribution in [0.4, 0.5) is 4.79 Å². The first-order valence-corrected chi connectivity index (χ1v) is 4.97. The predicted octanol–water partition coefficient (Wildman–Crippen LogP) is 2.45. The molecule has 0 aliphatic heterocycles. The van der Waals surface area contributed by atoms with Crippen molar-refractivity contribution in [1.29, 1.82) is 0 Å². The Morgan fingerprint density at radius 1 is 1.40 bits per heavy atom. The summed E-state index contributed by atoms with van der Waals surface area (Å²) in [7, 11) is 0. The molecule has 1 heterocycles. The van der Waals surface area contributed by atoms with Crippen LogP contribution >= 0.6 is 15.9 Å². The van der Waals surface area contributed by atoms with Gasteiger partial charge in [-0.1, -0.05) is 22.0 Å². The number of benzene rings is 1. The maximum atomic E-state index is 10.6. The number of nitrogens with zero attached hydrogens (tertiary/aromatic N) is 1. The third-order valence-electron chi connectivity index (χ3n) is 1.89. The number of rotatable bonds is 1. The van der Waals surface area contributed by atoms with Crippen molar-refractivity contribution in [3.8, 4) is 5.88 Å². The molecule has 2 N–H and O–H groups in total. The number of hydrogen-bond acceptors (Lipinski definition) is 3. The van der Waals surface area contributed by atoms with Crippen LogP contribution in [0.5, 0.6) is 5.88 Å². The normalized spacial score (nSPS) is 10.2. The van der Waals surface area contributed by atoms with Crippen molar-refractivity contribution in [2.24, 2.45) is 5.73 Å². The topological polar surface area (TPSA) is 65.2 Å². The van der Waals surface area contributed by atoms with Gasteiger partial charge in [0.25, 0.3) is 0 Å². The molecule has 76 valence electrons. The zero-order chi connectivity index (χ0) is 10.8. The number of pyridine rings is 1. The van der Waals surface area contributed by atoms with E-state index in [4.69, 9.17) is 10.5 Å². The zero-order valence-electron chi connectivity index (χ0n) is 7.61. The second-order valence-electron chi connectivity index (χ2n) is 2.90. The summed E-state index contributed by atoms with van der Waals surface area (Å²) in [6, 6.07) is 7.45. The van der Waals surface area contributed by atoms with Crippen LogP contribution in [0.1, 0.15) is 0 Å². The van der Waals surface area contributed by atoms with E-state index in [2.05, 4.69) is 20.9 Å². The molecule has 1 aromatic heterocycles. The molecule has 1 aromatic carbocycles. The molecule has 0 spiro atoms. The van der Waals surface area contributed by atoms with Crippen molar-refractivity contribution in [1.82, 2.24) is 4.98 Å². The fourth-order valence-electron chi connectivity index (χ4n) is 1.29. The summed E-state index contributed by atoms with van der Waals surface area (Å²) >= 11 is 3.33. The molecule has 15 heavy (non-hydrogen) atoms. The Hall–Kier alpha value is -1.62. The van der Waals surface area contributed by atoms with E-state index < -0.39 is 6.09 Å². The van der Waals surface area contributed by atoms with Gasteiger partial charge in [0.15, 0.2) is 0 Å². The van der Waals surface area contributed by atoms with Gasteiger partial charge in [0, 0.05) is 16.1 Å². The highest BCUT2D eigenvalue weighted by Crippen LogP contribution is 2.26. The van der Waals surface area contributed by atoms with E-state index >= 15 is 0 Å². The highest BCUT2D eigenvalue weighted by atomic mass is 79.9. The third-order valence-corrected chi connectivity index (χ3v) is 2.38. The van der Waals surface area contributed by atoms with E-state index in [1.54, 1.807) is 6.20 Å². The fourth-order valence-corrected chi connectivity index (χ4v) is 1.65. The number of primary amides is 1. The van der Waals surface area contributed by atoms with Gasteiger partial charge in [-0.15, -0.1) is 0 Å². The highest BCUT2D eigenvalue weighted by molar-refractivity contribution is 9.10. The lowest BCUT2D eigenvalue weighted by atomic mass is 10.2. The minimum atomic E-state index is -0.866. The summed E-state index contributed by atoms with van der Waals surface area (Å²) in [6.45, 7) is 0. The Balaban J connectivity index is 2.63. The van der Waals surface area contributed by atoms with Gasteiger partial charge in [0.05, 0.1) is 0 Å². The van der Waals surface area contributed by atoms with Gasteiger partial charge in [-0.3, -0.25) is 0 Å². The van der Waals surface area contributed by atoms with Crippen molar-refractivity contribution < 1.29 is 9.53 Å². The first kappa shape index (κ1) is 9.92. The van der Waals surface area contributed by atoms with Crippen LogP contribution in [0, 0.1) is 0 Å². The SMILES string of the molecule is NC(=O)Oc1nccc2ccc(Br)cc12. The van der Waals surface area contributed by atoms with Gasteiger partial charge in [0.1, 0.15) is 0 Å². The average Bonchev–Trinajstić information content (AvgIpc) is 2.18. The molecule has 0 saturated carbocycles. The monoisotopic (exact) mass is 266 g/mol. The fraction of sp³-hybridized carbons (Fsp3) is 0. The number of ether oxygens (including phenoxy) is 1. The smallest absolute Gasteiger partial charge is 0.391 e. The Morgan fingerprint density at radius 2 is 2.20 bits per heavy atom. The van der Waals surface area contributed by atoms with E-state index in [0.29, 0.717) is 0 Å². The van der Waals surface area contributed by atoms with Crippen LogP contribution < -0.4 is 10.5 Å². The van der Waals surface area contributed by atoms with Crippen LogP contribution in [-0.4, -0.2) is 11.1 Å². The largest absolute Gasteiger partial charge is 0.411 e. The molecule has 0 aliphatic carbocycles. The Labute approximate surface area is 94.2 Å². The summed E-state index contributed by atoms with van der Waals surface area (Å²) < 4.78 is 5.68. The van der Waals surface area contributed by atoms with E-state index in [-0.39, 0.29) is 5.88 Å². The standard InChI is InChI=1S/C10H7BrN2O2/c11-7-2-1-6-3-4-13-9(8(6)5-7)15-10(12)14/h1-5H,(H2,12,14). The Bertz CT molecular complexity index is 528. The molecule has 4 nitrogen and oxygen atoms in total. The van der Waals surface area contributed by atoms with Crippen LogP contribution in [0.25, 0.3) is 10.8 Å². The number of aromatic nitrogens is 1. The second kappa shape index (κ2) is 3.86. The van der Waals surface area contributed by atoms with Crippen molar-refractivity contribution in [3.05, 3.63) is 34.9 Å². The summed E-state index contributed by atoms with van der Waals surface area (Å²) in [5, 5.41) is 1.68. The van der Waals surface area contributed by atoms with Gasteiger partial charge in [-0.2, -0.15) is 0 Å². The van der Waals surface area contributed by atoms with Gasteiger partial charge in [-0.05, 0) is 23.6 Å². The number of halogens is 1. The van der Waals surface area contributed by atoms with Crippen molar-refractivity contribution >= 4 is 32.8 Å². The van der Waals surface area contributed by atoms with E-state index in [9.17, 15) is 4.79 Å². The second-order valence-corrected chi connectivity index (χ2v) is 3.82. The maximum Gasteiger partial charge on any atom is 0.411 e. The van der Waals surface area contributed by atoms with Crippen LogP contribution in [0.2, 0.25) is 0 Å². The summed E-state index contributed by atoms with van der Waals surface area (Å²) in [4.78, 5) is 14.6. The van der Waals surface area contributed by atoms with Crippen molar-refractivity contribution in [2.75, 3.05) is 0 Å². The quantitative estimate of drug-likeness (QED) is 0.863. The predicted molar refractivity (Wildman–Crippen MR) is 59.7 cm³/mol. The Kier molecular flexibility index (Phi) is 2.55. The molecule has 2 rings (SSSR count). The molecule has 0 atom stereocenters. The third kappa shape index (κ3) is 2.07. The highest BCUT2D eigenvalue weighted by Gasteiger charge is 2.06. The average molecular weight is 267 g/mol. The lowest BCUT2D eigenvalue weighted by Gasteiger charge is -2.04. The molecule has 5 heteroatoms. The number of fused-ring (bicyclic) bond motifs is 1. The van der Waals surface area contributed by atoms with Gasteiger partial charge >= 0.3 is 6.09 Å². The van der Waals surface area contributed by atoms with Crippen molar-refractivity contribution in [3.63, 3.8) is 0 Å². The lowest BCUT2D eigenvalue weighted by molar-refractivity contribution is 0.209. The summed E-state index contributed by atoms with van der Waals surface area (Å²) in [6.07, 6.45) is 0.698. The maximum absolute atomic E-state index is 10.6. The number of amides is 1. The van der Waals surface area contributed by atoms with Gasteiger partial charge in [-0.25, -0.2) is 9.78 Å². The molecular formula is C10H7BrN2O2. The minimum absolute atomic E-state index is 0.223. The molecule has 2 aromatic rings. The first-order chi connectivity index (χ1) is 7.16. The summed E-state index contributed by atoms with van der Waals surface area (Å²) in [5.74, 6) is 0.223. The van der Waals surface area contributed by atoms with Crippen LogP contribution in [0.3, 0.4) is 0 Å². The van der Waals surface area contributed by atoms with Crippen molar-refractivity contribution in [2.45, 2.75) is 0 Å². The molecule has 0 radical (unpaired) electrons. The summed E-state index contributed by atoms with van der Waals surface area (Å²) in [5.41, 5.74) is 4.94. The first-order valence-electron chi connectivity index (χ1n) is 4.18. The molecule has 0 bridgehead atoms. The van der Waals surface area contributed by atoms with E-state index in [1.807, 2.05) is 24.3 Å². The zero-order valence-corrected chi connectivity index (χ0v) is 9.19. The van der Waals surface area contributed by atoms with Crippen LogP contribution in [-0.2, 0) is 0 Å². The molecule has 0 aliphatic rings. The number of carbonyl (C=O) groups excluding carboxylic acids is 1. The molecule has 1 amide bonds. The van der Waals surface area contributed by atoms with Crippen LogP contribution in [0.15, 0.2) is 34.9 Å². The molecular weight excluding hydrogens is 260 g/mol. The van der Waals surface area contributed by atoms with E-state index in [0.717, 1.165) is 15.2 Å². The number of carbonyl (C=O) groups is 1. The van der Waals surface area contributed by atoms with Gasteiger partial charge < -0.3 is 10.5 Å².